The van der Waals surface area contributed by atoms with Crippen molar-refractivity contribution >= 4 is 5.91 Å². The van der Waals surface area contributed by atoms with Crippen LogP contribution in [0.25, 0.3) is 0 Å². The molecule has 2 N–H and O–H groups in total. The summed E-state index contributed by atoms with van der Waals surface area (Å²) in [6.07, 6.45) is 2.16. The van der Waals surface area contributed by atoms with E-state index in [1.165, 1.54) is 0 Å². The smallest absolute Gasteiger partial charge is 0.243 e. The summed E-state index contributed by atoms with van der Waals surface area (Å²) in [5.41, 5.74) is 6.71. The van der Waals surface area contributed by atoms with E-state index in [1.807, 2.05) is 35.2 Å². The highest BCUT2D eigenvalue weighted by Crippen LogP contribution is 2.21. The first kappa shape index (κ1) is 15.0. The van der Waals surface area contributed by atoms with E-state index in [-0.39, 0.29) is 5.91 Å². The molecule has 1 aliphatic rings. The van der Waals surface area contributed by atoms with Gasteiger partial charge in [0.25, 0.3) is 0 Å². The Labute approximate surface area is 120 Å². The van der Waals surface area contributed by atoms with E-state index in [1.54, 1.807) is 0 Å². The molecule has 1 amide bonds. The summed E-state index contributed by atoms with van der Waals surface area (Å²) in [6, 6.07) is 10.1. The Balaban J connectivity index is 2.09. The number of nitrogens with zero attached hydrogens (tertiary/aromatic N) is 1. The van der Waals surface area contributed by atoms with Crippen LogP contribution < -0.4 is 5.73 Å². The zero-order chi connectivity index (χ0) is 14.4. The number of nitrogens with two attached hydrogens (primary N) is 1. The third-order valence-corrected chi connectivity index (χ3v) is 3.81. The third-order valence-electron chi connectivity index (χ3n) is 3.81. The van der Waals surface area contributed by atoms with Crippen molar-refractivity contribution in [1.82, 2.24) is 4.90 Å². The maximum absolute atomic E-state index is 12.8. The first-order valence-corrected chi connectivity index (χ1v) is 7.35. The van der Waals surface area contributed by atoms with Gasteiger partial charge in [-0.25, -0.2) is 0 Å². The Bertz CT molecular complexity index is 427. The second kappa shape index (κ2) is 6.86. The van der Waals surface area contributed by atoms with E-state index in [4.69, 9.17) is 10.5 Å². The number of amides is 1. The van der Waals surface area contributed by atoms with Crippen LogP contribution in [-0.2, 0) is 16.1 Å². The number of benzene rings is 1. The SMILES string of the molecule is CCCN(Cc1ccccc1)C(=O)C1(N)CCOCC1. The number of hydrogen-bond acceptors (Lipinski definition) is 3. The minimum Gasteiger partial charge on any atom is -0.381 e. The average Bonchev–Trinajstić information content (AvgIpc) is 2.48. The highest BCUT2D eigenvalue weighted by molar-refractivity contribution is 5.86. The van der Waals surface area contributed by atoms with Gasteiger partial charge >= 0.3 is 0 Å². The van der Waals surface area contributed by atoms with E-state index in [0.29, 0.717) is 32.6 Å². The lowest BCUT2D eigenvalue weighted by atomic mass is 9.89. The van der Waals surface area contributed by atoms with Crippen LogP contribution in [-0.4, -0.2) is 36.1 Å². The minimum atomic E-state index is -0.748. The van der Waals surface area contributed by atoms with Gasteiger partial charge in [0.05, 0.1) is 5.54 Å². The molecule has 0 atom stereocenters. The van der Waals surface area contributed by atoms with Gasteiger partial charge in [-0.05, 0) is 24.8 Å². The van der Waals surface area contributed by atoms with Gasteiger partial charge in [-0.15, -0.1) is 0 Å². The van der Waals surface area contributed by atoms with Gasteiger partial charge < -0.3 is 15.4 Å². The van der Waals surface area contributed by atoms with Crippen molar-refractivity contribution in [3.8, 4) is 0 Å². The molecule has 0 saturated carbocycles. The molecule has 110 valence electrons. The molecule has 0 radical (unpaired) electrons. The van der Waals surface area contributed by atoms with Crippen LogP contribution in [0.1, 0.15) is 31.7 Å². The fourth-order valence-electron chi connectivity index (χ4n) is 2.59. The van der Waals surface area contributed by atoms with Crippen molar-refractivity contribution in [3.05, 3.63) is 35.9 Å². The van der Waals surface area contributed by atoms with Crippen molar-refractivity contribution in [3.63, 3.8) is 0 Å². The largest absolute Gasteiger partial charge is 0.381 e. The molecule has 0 spiro atoms. The van der Waals surface area contributed by atoms with Crippen molar-refractivity contribution in [1.29, 1.82) is 0 Å². The van der Waals surface area contributed by atoms with Crippen molar-refractivity contribution in [2.75, 3.05) is 19.8 Å². The molecule has 1 aromatic carbocycles. The van der Waals surface area contributed by atoms with Gasteiger partial charge in [0, 0.05) is 26.3 Å². The lowest BCUT2D eigenvalue weighted by molar-refractivity contribution is -0.141. The van der Waals surface area contributed by atoms with Crippen LogP contribution in [0.2, 0.25) is 0 Å². The highest BCUT2D eigenvalue weighted by Gasteiger charge is 2.38. The third kappa shape index (κ3) is 3.58. The molecule has 0 bridgehead atoms. The van der Waals surface area contributed by atoms with E-state index in [0.717, 1.165) is 18.5 Å². The number of hydrogen-bond donors (Lipinski definition) is 1. The first-order valence-electron chi connectivity index (χ1n) is 7.35. The summed E-state index contributed by atoms with van der Waals surface area (Å²) in [7, 11) is 0. The molecule has 1 saturated heterocycles. The number of rotatable bonds is 5. The quantitative estimate of drug-likeness (QED) is 0.894. The molecular formula is C16H24N2O2. The highest BCUT2D eigenvalue weighted by atomic mass is 16.5. The van der Waals surface area contributed by atoms with E-state index < -0.39 is 5.54 Å². The Kier molecular flexibility index (Phi) is 5.15. The van der Waals surface area contributed by atoms with Crippen LogP contribution in [0.4, 0.5) is 0 Å². The number of ether oxygens (including phenoxy) is 1. The Morgan fingerprint density at radius 1 is 1.30 bits per heavy atom. The molecule has 1 fully saturated rings. The van der Waals surface area contributed by atoms with Crippen molar-refractivity contribution in [2.24, 2.45) is 5.73 Å². The zero-order valence-electron chi connectivity index (χ0n) is 12.2. The molecule has 1 aliphatic heterocycles. The Hall–Kier alpha value is -1.39. The van der Waals surface area contributed by atoms with E-state index in [2.05, 4.69) is 6.92 Å². The molecule has 1 aromatic rings. The zero-order valence-corrected chi connectivity index (χ0v) is 12.2. The van der Waals surface area contributed by atoms with Gasteiger partial charge in [-0.1, -0.05) is 37.3 Å². The molecule has 0 unspecified atom stereocenters. The summed E-state index contributed by atoms with van der Waals surface area (Å²) in [6.45, 7) is 4.61. The van der Waals surface area contributed by atoms with Gasteiger partial charge in [-0.3, -0.25) is 4.79 Å². The second-order valence-corrected chi connectivity index (χ2v) is 5.48. The molecule has 20 heavy (non-hydrogen) atoms. The molecule has 0 aliphatic carbocycles. The summed E-state index contributed by atoms with van der Waals surface area (Å²) in [5, 5.41) is 0. The normalized spacial score (nSPS) is 17.7. The van der Waals surface area contributed by atoms with Crippen LogP contribution in [0.5, 0.6) is 0 Å². The van der Waals surface area contributed by atoms with E-state index in [9.17, 15) is 4.79 Å². The monoisotopic (exact) mass is 276 g/mol. The number of carbonyl (C=O) groups is 1. The summed E-state index contributed by atoms with van der Waals surface area (Å²) in [4.78, 5) is 14.6. The topological polar surface area (TPSA) is 55.6 Å². The van der Waals surface area contributed by atoms with Crippen LogP contribution in [0.3, 0.4) is 0 Å². The van der Waals surface area contributed by atoms with Gasteiger partial charge in [0.2, 0.25) is 5.91 Å². The average molecular weight is 276 g/mol. The van der Waals surface area contributed by atoms with Crippen LogP contribution in [0, 0.1) is 0 Å². The van der Waals surface area contributed by atoms with Crippen LogP contribution in [0.15, 0.2) is 30.3 Å². The van der Waals surface area contributed by atoms with Crippen molar-refractivity contribution < 1.29 is 9.53 Å². The summed E-state index contributed by atoms with van der Waals surface area (Å²) < 4.78 is 5.32. The standard InChI is InChI=1S/C16H24N2O2/c1-2-10-18(13-14-6-4-3-5-7-14)15(19)16(17)8-11-20-12-9-16/h3-7H,2,8-13,17H2,1H3. The molecule has 4 nitrogen and oxygen atoms in total. The van der Waals surface area contributed by atoms with E-state index >= 15 is 0 Å². The van der Waals surface area contributed by atoms with Crippen molar-refractivity contribution in [2.45, 2.75) is 38.3 Å². The minimum absolute atomic E-state index is 0.0616. The predicted molar refractivity (Wildman–Crippen MR) is 79.1 cm³/mol. The molecule has 2 rings (SSSR count). The first-order chi connectivity index (χ1) is 9.65. The maximum Gasteiger partial charge on any atom is 0.243 e. The number of carbonyl (C=O) groups excluding carboxylic acids is 1. The lowest BCUT2D eigenvalue weighted by Gasteiger charge is -2.36. The van der Waals surface area contributed by atoms with Gasteiger partial charge in [0.15, 0.2) is 0 Å². The summed E-state index contributed by atoms with van der Waals surface area (Å²) in [5.74, 6) is 0.0616. The van der Waals surface area contributed by atoms with Gasteiger partial charge in [0.1, 0.15) is 0 Å². The summed E-state index contributed by atoms with van der Waals surface area (Å²) >= 11 is 0. The molecular weight excluding hydrogens is 252 g/mol. The predicted octanol–water partition coefficient (Wildman–Crippen LogP) is 1.93. The Morgan fingerprint density at radius 2 is 1.95 bits per heavy atom. The fraction of sp³-hybridized carbons (Fsp3) is 0.562. The Morgan fingerprint density at radius 3 is 2.55 bits per heavy atom. The van der Waals surface area contributed by atoms with Crippen LogP contribution >= 0.6 is 0 Å². The molecule has 1 heterocycles. The second-order valence-electron chi connectivity index (χ2n) is 5.48. The maximum atomic E-state index is 12.8. The molecule has 4 heteroatoms. The fourth-order valence-corrected chi connectivity index (χ4v) is 2.59. The lowest BCUT2D eigenvalue weighted by Crippen LogP contribution is -2.57. The van der Waals surface area contributed by atoms with Gasteiger partial charge in [-0.2, -0.15) is 0 Å². The molecule has 0 aromatic heterocycles.